The molecule has 324 valence electrons. The minimum absolute atomic E-state index is 0.0795. The second-order valence-electron chi connectivity index (χ2n) is 17.1. The van der Waals surface area contributed by atoms with Gasteiger partial charge in [-0.05, 0) is 64.8 Å². The Morgan fingerprint density at radius 3 is 1.13 bits per heavy atom. The molecule has 0 saturated carbocycles. The summed E-state index contributed by atoms with van der Waals surface area (Å²) in [6.45, 7) is 16.7. The van der Waals surface area contributed by atoms with Crippen molar-refractivity contribution in [2.45, 2.75) is 79.0 Å². The van der Waals surface area contributed by atoms with Gasteiger partial charge in [-0.3, -0.25) is 38.8 Å². The minimum Gasteiger partial charge on any atom is -0.459 e. The summed E-state index contributed by atoms with van der Waals surface area (Å²) in [5.74, 6) is -0.651. The van der Waals surface area contributed by atoms with E-state index in [1.54, 1.807) is 12.1 Å². The van der Waals surface area contributed by atoms with Crippen LogP contribution >= 0.6 is 0 Å². The molecule has 1 fully saturated rings. The van der Waals surface area contributed by atoms with E-state index in [9.17, 15) is 19.2 Å². The van der Waals surface area contributed by atoms with Crippen molar-refractivity contribution in [3.63, 3.8) is 0 Å². The average molecular weight is 827 g/mol. The molecule has 1 saturated heterocycles. The summed E-state index contributed by atoms with van der Waals surface area (Å²) in [5.41, 5.74) is 1.39. The van der Waals surface area contributed by atoms with Crippen molar-refractivity contribution >= 4 is 11.9 Å². The fourth-order valence-corrected chi connectivity index (χ4v) is 6.77. The smallest absolute Gasteiger partial charge is 0.320 e. The van der Waals surface area contributed by atoms with Gasteiger partial charge in [0.2, 0.25) is 0 Å². The van der Waals surface area contributed by atoms with E-state index >= 15 is 0 Å². The summed E-state index contributed by atoms with van der Waals surface area (Å²) in [4.78, 5) is 73.7. The Morgan fingerprint density at radius 1 is 0.467 bits per heavy atom. The van der Waals surface area contributed by atoms with Gasteiger partial charge in [0.1, 0.15) is 24.4 Å². The van der Waals surface area contributed by atoms with Crippen LogP contribution in [0.4, 0.5) is 0 Å². The van der Waals surface area contributed by atoms with E-state index in [0.29, 0.717) is 76.8 Å². The van der Waals surface area contributed by atoms with Crippen molar-refractivity contribution in [2.75, 3.05) is 65.4 Å². The van der Waals surface area contributed by atoms with E-state index in [2.05, 4.69) is 19.6 Å². The second kappa shape index (κ2) is 21.8. The summed E-state index contributed by atoms with van der Waals surface area (Å²) in [7, 11) is 0. The standard InChI is InChI=1S/C46H62N6O8/c1-45(2,3)59-43(55)33-49-27-23-47(31-39-19-13-21-41(53)51(39)57-35-37-15-9-7-10-16-37)25-29-50(34-44(56)60-46(4,5)6)30-26-48(24-28-49)32-40-20-14-22-42(54)52(40)58-36-38-17-11-8-12-18-38/h7-22H,23-36H2,1-6H3. The van der Waals surface area contributed by atoms with Gasteiger partial charge in [0.15, 0.2) is 0 Å². The van der Waals surface area contributed by atoms with Crippen LogP contribution in [-0.4, -0.2) is 118 Å². The predicted molar refractivity (Wildman–Crippen MR) is 230 cm³/mol. The van der Waals surface area contributed by atoms with Crippen LogP contribution in [-0.2, 0) is 45.4 Å². The number of rotatable bonds is 14. The van der Waals surface area contributed by atoms with Gasteiger partial charge in [-0.25, -0.2) is 0 Å². The van der Waals surface area contributed by atoms with Gasteiger partial charge < -0.3 is 19.1 Å². The van der Waals surface area contributed by atoms with Gasteiger partial charge >= 0.3 is 11.9 Å². The van der Waals surface area contributed by atoms with Crippen LogP contribution in [0, 0.1) is 0 Å². The van der Waals surface area contributed by atoms with Crippen LogP contribution in [0.2, 0.25) is 0 Å². The fourth-order valence-electron chi connectivity index (χ4n) is 6.77. The molecule has 4 aromatic rings. The molecule has 3 heterocycles. The first kappa shape index (κ1) is 45.8. The summed E-state index contributed by atoms with van der Waals surface area (Å²) < 4.78 is 14.2. The summed E-state index contributed by atoms with van der Waals surface area (Å²) in [6.07, 6.45) is 0. The van der Waals surface area contributed by atoms with Gasteiger partial charge in [-0.1, -0.05) is 72.8 Å². The normalized spacial score (nSPS) is 15.7. The zero-order valence-electron chi connectivity index (χ0n) is 36.1. The van der Waals surface area contributed by atoms with Crippen molar-refractivity contribution in [2.24, 2.45) is 0 Å². The third-order valence-corrected chi connectivity index (χ3v) is 9.63. The first-order valence-corrected chi connectivity index (χ1v) is 20.7. The van der Waals surface area contributed by atoms with E-state index in [4.69, 9.17) is 19.1 Å². The van der Waals surface area contributed by atoms with E-state index in [0.717, 1.165) is 11.1 Å². The molecule has 5 rings (SSSR count). The van der Waals surface area contributed by atoms with Gasteiger partial charge in [-0.15, -0.1) is 9.46 Å². The molecule has 0 N–H and O–H groups in total. The maximum Gasteiger partial charge on any atom is 0.320 e. The van der Waals surface area contributed by atoms with Crippen LogP contribution in [0.1, 0.15) is 64.1 Å². The monoisotopic (exact) mass is 826 g/mol. The molecule has 2 aromatic heterocycles. The molecule has 0 atom stereocenters. The highest BCUT2D eigenvalue weighted by Crippen LogP contribution is 2.13. The Labute approximate surface area is 353 Å². The molecule has 0 radical (unpaired) electrons. The maximum absolute atomic E-state index is 13.3. The number of ether oxygens (including phenoxy) is 2. The molecule has 0 bridgehead atoms. The van der Waals surface area contributed by atoms with Crippen molar-refractivity contribution < 1.29 is 28.7 Å². The number of aromatic nitrogens is 2. The van der Waals surface area contributed by atoms with Crippen molar-refractivity contribution in [3.05, 3.63) is 140 Å². The second-order valence-corrected chi connectivity index (χ2v) is 17.1. The van der Waals surface area contributed by atoms with E-state index in [-0.39, 0.29) is 49.4 Å². The summed E-state index contributed by atoms with van der Waals surface area (Å²) in [6, 6.07) is 29.5. The highest BCUT2D eigenvalue weighted by Gasteiger charge is 2.25. The third kappa shape index (κ3) is 15.7. The lowest BCUT2D eigenvalue weighted by atomic mass is 10.2. The van der Waals surface area contributed by atoms with Crippen LogP contribution in [0.3, 0.4) is 0 Å². The average Bonchev–Trinajstić information content (AvgIpc) is 3.17. The fraction of sp³-hybridized carbons (Fsp3) is 0.478. The Morgan fingerprint density at radius 2 is 0.800 bits per heavy atom. The molecule has 60 heavy (non-hydrogen) atoms. The van der Waals surface area contributed by atoms with Gasteiger partial charge in [0.25, 0.3) is 11.1 Å². The van der Waals surface area contributed by atoms with Crippen LogP contribution in [0.25, 0.3) is 0 Å². The first-order valence-electron chi connectivity index (χ1n) is 20.7. The first-order chi connectivity index (χ1) is 28.6. The van der Waals surface area contributed by atoms with Crippen molar-refractivity contribution in [3.8, 4) is 0 Å². The number of hydrogen-bond acceptors (Lipinski definition) is 12. The molecule has 1 aliphatic heterocycles. The molecule has 0 spiro atoms. The predicted octanol–water partition coefficient (Wildman–Crippen LogP) is 3.87. The molecule has 14 nitrogen and oxygen atoms in total. The molecule has 0 aliphatic carbocycles. The molecular weight excluding hydrogens is 765 g/mol. The Bertz CT molecular complexity index is 1910. The van der Waals surface area contributed by atoms with Crippen LogP contribution in [0.15, 0.2) is 107 Å². The van der Waals surface area contributed by atoms with Crippen molar-refractivity contribution in [1.82, 2.24) is 29.1 Å². The molecule has 0 unspecified atom stereocenters. The zero-order valence-corrected chi connectivity index (χ0v) is 36.1. The Hall–Kier alpha value is -5.28. The van der Waals surface area contributed by atoms with E-state index in [1.165, 1.54) is 21.6 Å². The van der Waals surface area contributed by atoms with E-state index in [1.807, 2.05) is 114 Å². The lowest BCUT2D eigenvalue weighted by Crippen LogP contribution is -2.48. The number of hydrogen-bond donors (Lipinski definition) is 0. The highest BCUT2D eigenvalue weighted by molar-refractivity contribution is 5.72. The number of nitrogens with zero attached hydrogens (tertiary/aromatic N) is 6. The third-order valence-electron chi connectivity index (χ3n) is 9.63. The van der Waals surface area contributed by atoms with Gasteiger partial charge in [0, 0.05) is 77.6 Å². The van der Waals surface area contributed by atoms with Crippen LogP contribution in [0.5, 0.6) is 0 Å². The van der Waals surface area contributed by atoms with Crippen molar-refractivity contribution in [1.29, 1.82) is 0 Å². The van der Waals surface area contributed by atoms with Crippen LogP contribution < -0.4 is 20.8 Å². The SMILES string of the molecule is CC(C)(C)OC(=O)CN1CCN(Cc2cccc(=O)n2OCc2ccccc2)CCN(CC(=O)OC(C)(C)C)CCN(Cc2cccc(=O)n2OCc2ccccc2)CC1. The number of carbonyl (C=O) groups excluding carboxylic acids is 2. The number of pyridine rings is 2. The molecule has 14 heteroatoms. The highest BCUT2D eigenvalue weighted by atomic mass is 16.7. The van der Waals surface area contributed by atoms with Gasteiger partial charge in [0.05, 0.1) is 24.5 Å². The minimum atomic E-state index is -0.646. The summed E-state index contributed by atoms with van der Waals surface area (Å²) >= 11 is 0. The lowest BCUT2D eigenvalue weighted by molar-refractivity contribution is -0.157. The number of benzene rings is 2. The summed E-state index contributed by atoms with van der Waals surface area (Å²) in [5, 5.41) is 0. The maximum atomic E-state index is 13.3. The Balaban J connectivity index is 1.41. The molecule has 1 aliphatic rings. The topological polar surface area (TPSA) is 128 Å². The number of carbonyl (C=O) groups is 2. The quantitative estimate of drug-likeness (QED) is 0.171. The van der Waals surface area contributed by atoms with E-state index < -0.39 is 11.2 Å². The van der Waals surface area contributed by atoms with Gasteiger partial charge in [-0.2, -0.15) is 0 Å². The Kier molecular flexibility index (Phi) is 16.7. The molecule has 0 amide bonds. The molecule has 2 aromatic carbocycles. The zero-order chi connectivity index (χ0) is 43.1. The number of esters is 2. The largest absolute Gasteiger partial charge is 0.459 e. The molecular formula is C46H62N6O8. The lowest BCUT2D eigenvalue weighted by Gasteiger charge is -2.34.